The molecule has 2 nitrogen and oxygen atoms in total. The molecular weight excluding hydrogens is 234 g/mol. The van der Waals surface area contributed by atoms with Crippen LogP contribution in [0.25, 0.3) is 0 Å². The molecule has 19 heavy (non-hydrogen) atoms. The Hall–Kier alpha value is -0.860. The monoisotopic (exact) mass is 263 g/mol. The summed E-state index contributed by atoms with van der Waals surface area (Å²) in [6.07, 6.45) is 2.77. The summed E-state index contributed by atoms with van der Waals surface area (Å²) < 4.78 is 5.71. The van der Waals surface area contributed by atoms with E-state index in [1.807, 2.05) is 0 Å². The van der Waals surface area contributed by atoms with Crippen LogP contribution in [0.4, 0.5) is 0 Å². The minimum absolute atomic E-state index is 0.0393. The summed E-state index contributed by atoms with van der Waals surface area (Å²) in [5.41, 5.74) is 8.86. The zero-order valence-corrected chi connectivity index (χ0v) is 13.1. The molecule has 0 heterocycles. The molecule has 1 rings (SSSR count). The highest BCUT2D eigenvalue weighted by atomic mass is 16.5. The lowest BCUT2D eigenvalue weighted by Gasteiger charge is -2.36. The maximum Gasteiger partial charge on any atom is 0.0826 e. The van der Waals surface area contributed by atoms with Crippen molar-refractivity contribution in [1.29, 1.82) is 0 Å². The summed E-state index contributed by atoms with van der Waals surface area (Å²) in [7, 11) is 1.77. The number of ether oxygens (including phenoxy) is 1. The average Bonchev–Trinajstić information content (AvgIpc) is 2.42. The van der Waals surface area contributed by atoms with Crippen LogP contribution in [0.5, 0.6) is 0 Å². The number of hydrogen-bond donors (Lipinski definition) is 1. The molecule has 0 radical (unpaired) electrons. The molecule has 1 atom stereocenters. The number of methoxy groups -OCH3 is 1. The maximum absolute atomic E-state index is 6.39. The van der Waals surface area contributed by atoms with Gasteiger partial charge in [0.2, 0.25) is 0 Å². The van der Waals surface area contributed by atoms with Crippen molar-refractivity contribution >= 4 is 0 Å². The van der Waals surface area contributed by atoms with Crippen molar-refractivity contribution in [3.05, 3.63) is 35.4 Å². The van der Waals surface area contributed by atoms with E-state index < -0.39 is 0 Å². The van der Waals surface area contributed by atoms with Crippen LogP contribution in [0.1, 0.15) is 57.6 Å². The van der Waals surface area contributed by atoms with Crippen LogP contribution < -0.4 is 5.73 Å². The topological polar surface area (TPSA) is 35.2 Å². The second-order valence-electron chi connectivity index (χ2n) is 5.68. The van der Waals surface area contributed by atoms with Gasteiger partial charge in [0.1, 0.15) is 0 Å². The molecule has 0 aliphatic heterocycles. The third-order valence-corrected chi connectivity index (χ3v) is 4.38. The van der Waals surface area contributed by atoms with Crippen LogP contribution in [-0.2, 0) is 11.2 Å². The first-order chi connectivity index (χ1) is 8.99. The Morgan fingerprint density at radius 1 is 1.11 bits per heavy atom. The van der Waals surface area contributed by atoms with Gasteiger partial charge in [-0.05, 0) is 36.3 Å². The standard InChI is InChI=1S/C17H29NO/c1-6-17(7-2,19-5)16(18)12-14-8-10-15(11-9-14)13(3)4/h8-11,13,16H,6-7,12,18H2,1-5H3. The molecule has 0 amide bonds. The van der Waals surface area contributed by atoms with E-state index in [-0.39, 0.29) is 11.6 Å². The molecule has 2 N–H and O–H groups in total. The van der Waals surface area contributed by atoms with Crippen LogP contribution in [0.15, 0.2) is 24.3 Å². The van der Waals surface area contributed by atoms with Crippen molar-refractivity contribution < 1.29 is 4.74 Å². The number of rotatable bonds is 7. The van der Waals surface area contributed by atoms with Gasteiger partial charge in [-0.15, -0.1) is 0 Å². The maximum atomic E-state index is 6.39. The molecular formula is C17H29NO. The number of hydrogen-bond acceptors (Lipinski definition) is 2. The highest BCUT2D eigenvalue weighted by Crippen LogP contribution is 2.25. The Morgan fingerprint density at radius 3 is 2.00 bits per heavy atom. The summed E-state index contributed by atoms with van der Waals surface area (Å²) >= 11 is 0. The zero-order chi connectivity index (χ0) is 14.5. The molecule has 0 saturated heterocycles. The van der Waals surface area contributed by atoms with E-state index in [0.29, 0.717) is 5.92 Å². The van der Waals surface area contributed by atoms with Crippen molar-refractivity contribution in [1.82, 2.24) is 0 Å². The number of benzene rings is 1. The number of nitrogens with two attached hydrogens (primary N) is 1. The van der Waals surface area contributed by atoms with Crippen molar-refractivity contribution in [3.8, 4) is 0 Å². The van der Waals surface area contributed by atoms with Gasteiger partial charge in [0.25, 0.3) is 0 Å². The fourth-order valence-electron chi connectivity index (χ4n) is 2.69. The van der Waals surface area contributed by atoms with E-state index >= 15 is 0 Å². The third kappa shape index (κ3) is 3.80. The summed E-state index contributed by atoms with van der Waals surface area (Å²) in [6, 6.07) is 8.84. The highest BCUT2D eigenvalue weighted by molar-refractivity contribution is 5.25. The van der Waals surface area contributed by atoms with E-state index in [4.69, 9.17) is 10.5 Å². The lowest BCUT2D eigenvalue weighted by Crippen LogP contribution is -2.50. The lowest BCUT2D eigenvalue weighted by molar-refractivity contribution is -0.0374. The van der Waals surface area contributed by atoms with Gasteiger partial charge in [0.05, 0.1) is 5.60 Å². The minimum atomic E-state index is -0.198. The molecule has 1 unspecified atom stereocenters. The predicted molar refractivity (Wildman–Crippen MR) is 82.5 cm³/mol. The Balaban J connectivity index is 2.78. The van der Waals surface area contributed by atoms with Gasteiger partial charge >= 0.3 is 0 Å². The average molecular weight is 263 g/mol. The fourth-order valence-corrected chi connectivity index (χ4v) is 2.69. The molecule has 0 aliphatic carbocycles. The van der Waals surface area contributed by atoms with Crippen LogP contribution in [0.2, 0.25) is 0 Å². The van der Waals surface area contributed by atoms with Gasteiger partial charge in [-0.25, -0.2) is 0 Å². The quantitative estimate of drug-likeness (QED) is 0.810. The van der Waals surface area contributed by atoms with Crippen molar-refractivity contribution in [3.63, 3.8) is 0 Å². The molecule has 0 bridgehead atoms. The summed E-state index contributed by atoms with van der Waals surface area (Å²) in [5, 5.41) is 0. The Bertz CT molecular complexity index is 357. The van der Waals surface area contributed by atoms with Crippen LogP contribution in [-0.4, -0.2) is 18.8 Å². The molecule has 1 aromatic rings. The molecule has 0 spiro atoms. The zero-order valence-electron chi connectivity index (χ0n) is 13.1. The van der Waals surface area contributed by atoms with Gasteiger partial charge in [0, 0.05) is 13.2 Å². The molecule has 0 fully saturated rings. The van der Waals surface area contributed by atoms with Crippen molar-refractivity contribution in [2.24, 2.45) is 5.73 Å². The lowest BCUT2D eigenvalue weighted by atomic mass is 9.85. The van der Waals surface area contributed by atoms with Crippen molar-refractivity contribution in [2.45, 2.75) is 64.5 Å². The third-order valence-electron chi connectivity index (χ3n) is 4.38. The summed E-state index contributed by atoms with van der Waals surface area (Å²) in [5.74, 6) is 0.576. The summed E-state index contributed by atoms with van der Waals surface area (Å²) in [6.45, 7) is 8.72. The minimum Gasteiger partial charge on any atom is -0.377 e. The second kappa shape index (κ2) is 7.06. The van der Waals surface area contributed by atoms with Gasteiger partial charge in [0.15, 0.2) is 0 Å². The van der Waals surface area contributed by atoms with Crippen LogP contribution in [0.3, 0.4) is 0 Å². The van der Waals surface area contributed by atoms with Gasteiger partial charge in [-0.1, -0.05) is 52.0 Å². The highest BCUT2D eigenvalue weighted by Gasteiger charge is 2.33. The van der Waals surface area contributed by atoms with Crippen LogP contribution >= 0.6 is 0 Å². The molecule has 0 aliphatic rings. The summed E-state index contributed by atoms with van der Waals surface area (Å²) in [4.78, 5) is 0. The van der Waals surface area contributed by atoms with E-state index in [1.165, 1.54) is 11.1 Å². The fraction of sp³-hybridized carbons (Fsp3) is 0.647. The Kier molecular flexibility index (Phi) is 6.02. The molecule has 108 valence electrons. The largest absolute Gasteiger partial charge is 0.377 e. The van der Waals surface area contributed by atoms with E-state index in [0.717, 1.165) is 19.3 Å². The van der Waals surface area contributed by atoms with Gasteiger partial charge in [-0.3, -0.25) is 0 Å². The molecule has 2 heteroatoms. The van der Waals surface area contributed by atoms with Gasteiger partial charge < -0.3 is 10.5 Å². The first kappa shape index (κ1) is 16.2. The normalized spacial score (nSPS) is 13.8. The van der Waals surface area contributed by atoms with Crippen molar-refractivity contribution in [2.75, 3.05) is 7.11 Å². The SMILES string of the molecule is CCC(CC)(OC)C(N)Cc1ccc(C(C)C)cc1. The first-order valence-electron chi connectivity index (χ1n) is 7.38. The molecule has 0 aromatic heterocycles. The Morgan fingerprint density at radius 2 is 1.63 bits per heavy atom. The smallest absolute Gasteiger partial charge is 0.0826 e. The predicted octanol–water partition coefficient (Wildman–Crippen LogP) is 3.89. The van der Waals surface area contributed by atoms with Crippen LogP contribution in [0, 0.1) is 0 Å². The molecule has 0 saturated carbocycles. The van der Waals surface area contributed by atoms with E-state index in [9.17, 15) is 0 Å². The second-order valence-corrected chi connectivity index (χ2v) is 5.68. The van der Waals surface area contributed by atoms with E-state index in [2.05, 4.69) is 52.0 Å². The Labute approximate surface area is 118 Å². The first-order valence-corrected chi connectivity index (χ1v) is 7.38. The molecule has 1 aromatic carbocycles. The van der Waals surface area contributed by atoms with Gasteiger partial charge in [-0.2, -0.15) is 0 Å². The van der Waals surface area contributed by atoms with E-state index in [1.54, 1.807) is 7.11 Å².